The largest absolute Gasteiger partial charge is 0.496 e. The molecule has 0 spiro atoms. The Morgan fingerprint density at radius 3 is 2.31 bits per heavy atom. The number of hydrogen-bond donors (Lipinski definition) is 0. The minimum atomic E-state index is 0.00177. The van der Waals surface area contributed by atoms with E-state index >= 15 is 0 Å². The van der Waals surface area contributed by atoms with Crippen LogP contribution in [0.25, 0.3) is 0 Å². The number of carbonyl (C=O) groups excluding carboxylic acids is 2. The van der Waals surface area contributed by atoms with Gasteiger partial charge in [-0.15, -0.1) is 0 Å². The molecule has 5 heteroatoms. The zero-order valence-corrected chi connectivity index (χ0v) is 16.0. The van der Waals surface area contributed by atoms with Crippen LogP contribution >= 0.6 is 0 Å². The molecule has 1 aromatic rings. The highest BCUT2D eigenvalue weighted by Crippen LogP contribution is 2.26. The van der Waals surface area contributed by atoms with Crippen LogP contribution in [0.15, 0.2) is 18.2 Å². The van der Waals surface area contributed by atoms with Gasteiger partial charge in [-0.2, -0.15) is 0 Å². The number of piperazine rings is 1. The van der Waals surface area contributed by atoms with Gasteiger partial charge in [-0.3, -0.25) is 9.59 Å². The molecular weight excluding hydrogens is 328 g/mol. The van der Waals surface area contributed by atoms with Crippen LogP contribution in [0.3, 0.4) is 0 Å². The quantitative estimate of drug-likeness (QED) is 0.831. The highest BCUT2D eigenvalue weighted by Gasteiger charge is 2.30. The highest BCUT2D eigenvalue weighted by molar-refractivity contribution is 5.97. The third-order valence-corrected chi connectivity index (χ3v) is 5.74. The normalized spacial score (nSPS) is 18.7. The summed E-state index contributed by atoms with van der Waals surface area (Å²) in [6, 6.07) is 5.80. The molecule has 0 radical (unpaired) electrons. The van der Waals surface area contributed by atoms with Gasteiger partial charge in [0.2, 0.25) is 5.91 Å². The van der Waals surface area contributed by atoms with Gasteiger partial charge in [0.25, 0.3) is 5.91 Å². The van der Waals surface area contributed by atoms with Crippen molar-refractivity contribution in [3.8, 4) is 5.75 Å². The van der Waals surface area contributed by atoms with E-state index in [4.69, 9.17) is 4.74 Å². The molecule has 0 N–H and O–H groups in total. The van der Waals surface area contributed by atoms with Crippen molar-refractivity contribution in [3.63, 3.8) is 0 Å². The van der Waals surface area contributed by atoms with E-state index < -0.39 is 0 Å². The second-order valence-electron chi connectivity index (χ2n) is 7.34. The number of ether oxygens (including phenoxy) is 1. The number of methoxy groups -OCH3 is 1. The van der Waals surface area contributed by atoms with E-state index in [1.807, 2.05) is 28.0 Å². The molecular formula is C21H30N2O3. The molecule has 0 unspecified atom stereocenters. The van der Waals surface area contributed by atoms with E-state index in [1.54, 1.807) is 7.11 Å². The fraction of sp³-hybridized carbons (Fsp3) is 0.619. The highest BCUT2D eigenvalue weighted by atomic mass is 16.5. The topological polar surface area (TPSA) is 49.9 Å². The summed E-state index contributed by atoms with van der Waals surface area (Å²) in [5.41, 5.74) is 1.75. The third-order valence-electron chi connectivity index (χ3n) is 5.74. The van der Waals surface area contributed by atoms with Crippen molar-refractivity contribution in [2.24, 2.45) is 5.92 Å². The fourth-order valence-corrected chi connectivity index (χ4v) is 4.05. The second kappa shape index (κ2) is 8.56. The van der Waals surface area contributed by atoms with E-state index in [-0.39, 0.29) is 11.8 Å². The number of amides is 2. The predicted octanol–water partition coefficient (Wildman–Crippen LogP) is 3.12. The number of aryl methyl sites for hydroxylation is 1. The number of benzene rings is 1. The average molecular weight is 358 g/mol. The van der Waals surface area contributed by atoms with Gasteiger partial charge in [-0.1, -0.05) is 32.3 Å². The van der Waals surface area contributed by atoms with E-state index in [0.29, 0.717) is 43.4 Å². The summed E-state index contributed by atoms with van der Waals surface area (Å²) < 4.78 is 5.38. The molecule has 2 fully saturated rings. The Morgan fingerprint density at radius 2 is 1.69 bits per heavy atom. The Balaban J connectivity index is 1.62. The van der Waals surface area contributed by atoms with Gasteiger partial charge in [-0.25, -0.2) is 0 Å². The Hall–Kier alpha value is -2.04. The summed E-state index contributed by atoms with van der Waals surface area (Å²) in [6.45, 7) is 4.53. The van der Waals surface area contributed by atoms with E-state index in [1.165, 1.54) is 19.3 Å². The van der Waals surface area contributed by atoms with Crippen molar-refractivity contribution in [2.45, 2.75) is 45.4 Å². The van der Waals surface area contributed by atoms with Crippen LogP contribution in [-0.2, 0) is 11.2 Å². The lowest BCUT2D eigenvalue weighted by Crippen LogP contribution is -2.52. The zero-order valence-electron chi connectivity index (χ0n) is 16.0. The molecule has 5 nitrogen and oxygen atoms in total. The smallest absolute Gasteiger partial charge is 0.257 e. The Morgan fingerprint density at radius 1 is 1.04 bits per heavy atom. The summed E-state index contributed by atoms with van der Waals surface area (Å²) in [7, 11) is 1.60. The van der Waals surface area contributed by atoms with Crippen LogP contribution in [0.4, 0.5) is 0 Å². The second-order valence-corrected chi connectivity index (χ2v) is 7.34. The number of carbonyl (C=O) groups is 2. The van der Waals surface area contributed by atoms with E-state index in [0.717, 1.165) is 24.8 Å². The Labute approximate surface area is 156 Å². The number of rotatable bonds is 4. The van der Waals surface area contributed by atoms with E-state index in [2.05, 4.69) is 6.92 Å². The molecule has 0 atom stereocenters. The first-order valence-electron chi connectivity index (χ1n) is 9.89. The van der Waals surface area contributed by atoms with Gasteiger partial charge in [-0.05, 0) is 37.0 Å². The summed E-state index contributed by atoms with van der Waals surface area (Å²) >= 11 is 0. The molecule has 142 valence electrons. The molecule has 1 saturated carbocycles. The molecule has 1 aromatic carbocycles. The van der Waals surface area contributed by atoms with Crippen LogP contribution in [0, 0.1) is 5.92 Å². The molecule has 1 heterocycles. The molecule has 26 heavy (non-hydrogen) atoms. The standard InChI is InChI=1S/C21H30N2O3/c1-3-16-9-10-19(26-2)18(15-16)21(25)23-13-11-22(12-14-23)20(24)17-7-5-4-6-8-17/h9-10,15,17H,3-8,11-14H2,1-2H3. The monoisotopic (exact) mass is 358 g/mol. The van der Waals surface area contributed by atoms with Crippen LogP contribution in [0.1, 0.15) is 54.9 Å². The van der Waals surface area contributed by atoms with Crippen LogP contribution < -0.4 is 4.74 Å². The molecule has 1 aliphatic carbocycles. The maximum Gasteiger partial charge on any atom is 0.257 e. The van der Waals surface area contributed by atoms with Crippen LogP contribution in [-0.4, -0.2) is 54.9 Å². The average Bonchev–Trinajstić information content (AvgIpc) is 2.73. The maximum atomic E-state index is 13.0. The first kappa shape index (κ1) is 18.7. The Kier molecular flexibility index (Phi) is 6.17. The van der Waals surface area contributed by atoms with Gasteiger partial charge < -0.3 is 14.5 Å². The van der Waals surface area contributed by atoms with Gasteiger partial charge in [0.1, 0.15) is 5.75 Å². The minimum Gasteiger partial charge on any atom is -0.496 e. The van der Waals surface area contributed by atoms with Crippen molar-refractivity contribution in [1.82, 2.24) is 9.80 Å². The summed E-state index contributed by atoms with van der Waals surface area (Å²) in [6.07, 6.45) is 6.53. The summed E-state index contributed by atoms with van der Waals surface area (Å²) in [5, 5.41) is 0. The molecule has 0 bridgehead atoms. The molecule has 2 aliphatic rings. The first-order chi connectivity index (χ1) is 12.6. The molecule has 1 aliphatic heterocycles. The van der Waals surface area contributed by atoms with Gasteiger partial charge in [0, 0.05) is 32.1 Å². The first-order valence-corrected chi connectivity index (χ1v) is 9.89. The Bertz CT molecular complexity index is 645. The predicted molar refractivity (Wildman–Crippen MR) is 101 cm³/mol. The lowest BCUT2D eigenvalue weighted by molar-refractivity contribution is -0.138. The SMILES string of the molecule is CCc1ccc(OC)c(C(=O)N2CCN(C(=O)C3CCCCC3)CC2)c1. The molecule has 0 aromatic heterocycles. The molecule has 2 amide bonds. The van der Waals surface area contributed by atoms with Crippen LogP contribution in [0.5, 0.6) is 5.75 Å². The van der Waals surface area contributed by atoms with Crippen molar-refractivity contribution in [1.29, 1.82) is 0 Å². The van der Waals surface area contributed by atoms with Crippen molar-refractivity contribution >= 4 is 11.8 Å². The zero-order chi connectivity index (χ0) is 18.5. The van der Waals surface area contributed by atoms with Crippen molar-refractivity contribution in [2.75, 3.05) is 33.3 Å². The van der Waals surface area contributed by atoms with Crippen molar-refractivity contribution < 1.29 is 14.3 Å². The number of nitrogens with zero attached hydrogens (tertiary/aromatic N) is 2. The lowest BCUT2D eigenvalue weighted by atomic mass is 9.88. The van der Waals surface area contributed by atoms with Gasteiger partial charge in [0.05, 0.1) is 12.7 Å². The number of hydrogen-bond acceptors (Lipinski definition) is 3. The molecule has 3 rings (SSSR count). The van der Waals surface area contributed by atoms with Gasteiger partial charge >= 0.3 is 0 Å². The van der Waals surface area contributed by atoms with Crippen molar-refractivity contribution in [3.05, 3.63) is 29.3 Å². The van der Waals surface area contributed by atoms with E-state index in [9.17, 15) is 9.59 Å². The summed E-state index contributed by atoms with van der Waals surface area (Å²) in [5.74, 6) is 1.12. The maximum absolute atomic E-state index is 13.0. The fourth-order valence-electron chi connectivity index (χ4n) is 4.05. The molecule has 1 saturated heterocycles. The third kappa shape index (κ3) is 4.02. The lowest BCUT2D eigenvalue weighted by Gasteiger charge is -2.37. The van der Waals surface area contributed by atoms with Gasteiger partial charge in [0.15, 0.2) is 0 Å². The summed E-state index contributed by atoms with van der Waals surface area (Å²) in [4.78, 5) is 29.5. The van der Waals surface area contributed by atoms with Crippen LogP contribution in [0.2, 0.25) is 0 Å². The minimum absolute atomic E-state index is 0.00177.